The normalized spacial score (nSPS) is 15.9. The molecule has 14 heteroatoms. The largest absolute Gasteiger partial charge is 0.480 e. The average Bonchev–Trinajstić information content (AvgIpc) is 3.56. The van der Waals surface area contributed by atoms with Crippen LogP contribution in [-0.4, -0.2) is 61.5 Å². The lowest BCUT2D eigenvalue weighted by Gasteiger charge is -2.14. The molecule has 0 spiro atoms. The monoisotopic (exact) mass is 607 g/mol. The topological polar surface area (TPSA) is 117 Å². The van der Waals surface area contributed by atoms with E-state index in [0.717, 1.165) is 50.0 Å². The first kappa shape index (κ1) is 28.8. The lowest BCUT2D eigenvalue weighted by Crippen LogP contribution is -2.16. The van der Waals surface area contributed by atoms with Crippen molar-refractivity contribution in [3.63, 3.8) is 0 Å². The fourth-order valence-corrected chi connectivity index (χ4v) is 6.44. The molecule has 0 aliphatic carbocycles. The molecular formula is C27H25ClF3N5O4S. The van der Waals surface area contributed by atoms with Crippen molar-refractivity contribution in [2.24, 2.45) is 5.92 Å². The fourth-order valence-electron chi connectivity index (χ4n) is 5.01. The Morgan fingerprint density at radius 2 is 2.00 bits per heavy atom. The Kier molecular flexibility index (Phi) is 7.95. The van der Waals surface area contributed by atoms with Crippen LogP contribution in [0.2, 0.25) is 5.02 Å². The zero-order valence-corrected chi connectivity index (χ0v) is 23.5. The molecule has 5 rings (SSSR count). The zero-order valence-electron chi connectivity index (χ0n) is 22.0. The standard InChI is InChI=1S/C27H25ClF3N5O4S/c1-36-10-9-14(13-36)3-8-20(37)25-17-5-4-16(23(30)26(17)34-33-25)22-18(29)6-7-19(24(22)31)35-41(38,39)21-11-15(28)12-32-27(21)40-2/h4-7,11-12,14,35H,3,8-10,13H2,1-2H3,(H,33,34). The highest BCUT2D eigenvalue weighted by atomic mass is 35.5. The number of halogens is 4. The Labute approximate surface area is 238 Å². The molecular weight excluding hydrogens is 583 g/mol. The van der Waals surface area contributed by atoms with Crippen LogP contribution in [0.4, 0.5) is 18.9 Å². The third-order valence-electron chi connectivity index (χ3n) is 7.08. The highest BCUT2D eigenvalue weighted by Crippen LogP contribution is 2.37. The second-order valence-corrected chi connectivity index (χ2v) is 11.9. The summed E-state index contributed by atoms with van der Waals surface area (Å²) in [6, 6.07) is 5.19. The SMILES string of the molecule is COc1ncc(Cl)cc1S(=O)(=O)Nc1ccc(F)c(-c2ccc3c(C(=O)CCC4CCN(C)C4)[nH]nc3c2F)c1F. The van der Waals surface area contributed by atoms with Crippen LogP contribution in [0, 0.1) is 23.4 Å². The number of fused-ring (bicyclic) bond motifs is 1. The number of benzene rings is 2. The summed E-state index contributed by atoms with van der Waals surface area (Å²) in [5, 5.41) is 6.63. The second-order valence-electron chi connectivity index (χ2n) is 9.85. The number of hydrogen-bond acceptors (Lipinski definition) is 7. The van der Waals surface area contributed by atoms with E-state index in [1.54, 1.807) is 0 Å². The maximum Gasteiger partial charge on any atom is 0.267 e. The van der Waals surface area contributed by atoms with E-state index in [1.165, 1.54) is 13.2 Å². The van der Waals surface area contributed by atoms with E-state index in [2.05, 4.69) is 20.1 Å². The summed E-state index contributed by atoms with van der Waals surface area (Å²) < 4.78 is 79.2. The number of Topliss-reactive ketones (excluding diaryl/α,β-unsaturated/α-hetero) is 1. The van der Waals surface area contributed by atoms with Crippen LogP contribution in [0.15, 0.2) is 41.4 Å². The minimum absolute atomic E-state index is 0.0233. The molecule has 0 radical (unpaired) electrons. The number of H-pyrrole nitrogens is 1. The van der Waals surface area contributed by atoms with E-state index in [-0.39, 0.29) is 39.7 Å². The lowest BCUT2D eigenvalue weighted by atomic mass is 9.97. The van der Waals surface area contributed by atoms with E-state index in [4.69, 9.17) is 16.3 Å². The average molecular weight is 608 g/mol. The second kappa shape index (κ2) is 11.3. The Balaban J connectivity index is 1.46. The number of sulfonamides is 1. The number of methoxy groups -OCH3 is 1. The molecule has 9 nitrogen and oxygen atoms in total. The number of aromatic nitrogens is 3. The van der Waals surface area contributed by atoms with Gasteiger partial charge in [0.1, 0.15) is 17.0 Å². The van der Waals surface area contributed by atoms with E-state index >= 15 is 8.78 Å². The number of likely N-dealkylation sites (tertiary alicyclic amines) is 1. The number of carbonyl (C=O) groups is 1. The molecule has 1 atom stereocenters. The van der Waals surface area contributed by atoms with Gasteiger partial charge in [0, 0.05) is 30.1 Å². The summed E-state index contributed by atoms with van der Waals surface area (Å²) in [5.41, 5.74) is -2.13. The number of rotatable bonds is 9. The molecule has 1 aliphatic heterocycles. The maximum absolute atomic E-state index is 15.6. The van der Waals surface area contributed by atoms with Crippen LogP contribution in [0.25, 0.3) is 22.0 Å². The molecule has 1 saturated heterocycles. The van der Waals surface area contributed by atoms with Crippen LogP contribution in [0.5, 0.6) is 5.88 Å². The molecule has 0 amide bonds. The fraction of sp³-hybridized carbons (Fsp3) is 0.296. The molecule has 0 saturated carbocycles. The van der Waals surface area contributed by atoms with Gasteiger partial charge < -0.3 is 9.64 Å². The first-order valence-electron chi connectivity index (χ1n) is 12.6. The molecule has 3 heterocycles. The Bertz CT molecular complexity index is 1770. The van der Waals surface area contributed by atoms with Gasteiger partial charge in [-0.1, -0.05) is 17.7 Å². The summed E-state index contributed by atoms with van der Waals surface area (Å²) in [6.07, 6.45) is 3.09. The van der Waals surface area contributed by atoms with Gasteiger partial charge in [0.2, 0.25) is 5.88 Å². The minimum Gasteiger partial charge on any atom is -0.480 e. The van der Waals surface area contributed by atoms with Gasteiger partial charge in [-0.15, -0.1) is 0 Å². The van der Waals surface area contributed by atoms with Gasteiger partial charge >= 0.3 is 0 Å². The summed E-state index contributed by atoms with van der Waals surface area (Å²) >= 11 is 5.87. The molecule has 1 fully saturated rings. The third-order valence-corrected chi connectivity index (χ3v) is 8.65. The molecule has 2 aromatic carbocycles. The van der Waals surface area contributed by atoms with Gasteiger partial charge in [-0.3, -0.25) is 14.6 Å². The smallest absolute Gasteiger partial charge is 0.267 e. The van der Waals surface area contributed by atoms with Gasteiger partial charge in [-0.05, 0) is 56.6 Å². The predicted octanol–water partition coefficient (Wildman–Crippen LogP) is 5.42. The molecule has 2 N–H and O–H groups in total. The zero-order chi connectivity index (χ0) is 29.5. The van der Waals surface area contributed by atoms with Crippen LogP contribution in [0.3, 0.4) is 0 Å². The Morgan fingerprint density at radius 3 is 2.71 bits per heavy atom. The van der Waals surface area contributed by atoms with Gasteiger partial charge in [0.25, 0.3) is 10.0 Å². The van der Waals surface area contributed by atoms with Crippen LogP contribution in [-0.2, 0) is 10.0 Å². The van der Waals surface area contributed by atoms with Gasteiger partial charge in [-0.2, -0.15) is 5.10 Å². The Morgan fingerprint density at radius 1 is 1.22 bits per heavy atom. The van der Waals surface area contributed by atoms with Crippen molar-refractivity contribution in [2.45, 2.75) is 24.2 Å². The number of hydrogen-bond donors (Lipinski definition) is 2. The molecule has 1 unspecified atom stereocenters. The number of carbonyl (C=O) groups excluding carboxylic acids is 1. The summed E-state index contributed by atoms with van der Waals surface area (Å²) in [4.78, 5) is 18.4. The summed E-state index contributed by atoms with van der Waals surface area (Å²) in [6.45, 7) is 1.88. The summed E-state index contributed by atoms with van der Waals surface area (Å²) in [5.74, 6) is -3.73. The van der Waals surface area contributed by atoms with Crippen molar-refractivity contribution in [1.29, 1.82) is 0 Å². The number of anilines is 1. The van der Waals surface area contributed by atoms with Crippen molar-refractivity contribution in [3.8, 4) is 17.0 Å². The summed E-state index contributed by atoms with van der Waals surface area (Å²) in [7, 11) is -1.30. The molecule has 0 bridgehead atoms. The van der Waals surface area contributed by atoms with Gasteiger partial charge in [0.05, 0.1) is 23.4 Å². The van der Waals surface area contributed by atoms with Crippen molar-refractivity contribution in [1.82, 2.24) is 20.1 Å². The Hall–Kier alpha value is -3.68. The van der Waals surface area contributed by atoms with Crippen LogP contribution in [0.1, 0.15) is 29.8 Å². The number of ketones is 1. The van der Waals surface area contributed by atoms with E-state index in [1.807, 2.05) is 11.8 Å². The molecule has 1 aliphatic rings. The number of pyridine rings is 1. The quantitative estimate of drug-likeness (QED) is 0.244. The number of nitrogens with one attached hydrogen (secondary N) is 2. The third kappa shape index (κ3) is 5.61. The van der Waals surface area contributed by atoms with Crippen molar-refractivity contribution in [2.75, 3.05) is 32.0 Å². The molecule has 41 heavy (non-hydrogen) atoms. The van der Waals surface area contributed by atoms with Crippen molar-refractivity contribution in [3.05, 3.63) is 64.7 Å². The molecule has 4 aromatic rings. The van der Waals surface area contributed by atoms with Crippen molar-refractivity contribution < 1.29 is 31.1 Å². The molecule has 216 valence electrons. The number of nitrogens with zero attached hydrogens (tertiary/aromatic N) is 3. The predicted molar refractivity (Wildman–Crippen MR) is 147 cm³/mol. The van der Waals surface area contributed by atoms with Gasteiger partial charge in [-0.25, -0.2) is 26.6 Å². The number of ether oxygens (including phenoxy) is 1. The van der Waals surface area contributed by atoms with E-state index < -0.39 is 49.2 Å². The lowest BCUT2D eigenvalue weighted by molar-refractivity contribution is 0.0970. The van der Waals surface area contributed by atoms with E-state index in [9.17, 15) is 17.6 Å². The van der Waals surface area contributed by atoms with Crippen LogP contribution >= 0.6 is 11.6 Å². The van der Waals surface area contributed by atoms with E-state index in [0.29, 0.717) is 12.3 Å². The first-order chi connectivity index (χ1) is 19.5. The number of aromatic amines is 1. The maximum atomic E-state index is 15.6. The van der Waals surface area contributed by atoms with Crippen LogP contribution < -0.4 is 9.46 Å². The van der Waals surface area contributed by atoms with Crippen molar-refractivity contribution >= 4 is 44.0 Å². The highest BCUT2D eigenvalue weighted by molar-refractivity contribution is 7.92. The van der Waals surface area contributed by atoms with Gasteiger partial charge in [0.15, 0.2) is 22.3 Å². The highest BCUT2D eigenvalue weighted by Gasteiger charge is 2.28. The first-order valence-corrected chi connectivity index (χ1v) is 14.4. The minimum atomic E-state index is -4.51. The molecule has 2 aromatic heterocycles.